The van der Waals surface area contributed by atoms with Crippen LogP contribution in [0.3, 0.4) is 0 Å². The monoisotopic (exact) mass is 299 g/mol. The van der Waals surface area contributed by atoms with Gasteiger partial charge in [0.15, 0.2) is 0 Å². The molecule has 5 nitrogen and oxygen atoms in total. The van der Waals surface area contributed by atoms with Gasteiger partial charge in [-0.05, 0) is 19.4 Å². The van der Waals surface area contributed by atoms with E-state index in [-0.39, 0.29) is 18.5 Å². The van der Waals surface area contributed by atoms with Crippen molar-refractivity contribution in [2.24, 2.45) is 11.8 Å². The molecule has 2 rings (SSSR count). The third-order valence-corrected chi connectivity index (χ3v) is 3.56. The zero-order chi connectivity index (χ0) is 15.8. The standard InChI is InChI=1S/C14H15F2NO4/c1-14(21,10-3-2-7(15)4-11(10)16)6-17-12(18)8-5-9(8)13(19)20/h2-4,8-9,21H,5-6H2,1H3,(H,17,18)(H,19,20). The number of aliphatic carboxylic acids is 1. The molecule has 114 valence electrons. The Hall–Kier alpha value is -2.02. The van der Waals surface area contributed by atoms with Gasteiger partial charge in [-0.15, -0.1) is 0 Å². The van der Waals surface area contributed by atoms with Crippen LogP contribution in [0.15, 0.2) is 18.2 Å². The van der Waals surface area contributed by atoms with E-state index in [4.69, 9.17) is 5.11 Å². The van der Waals surface area contributed by atoms with Crippen LogP contribution in [0, 0.1) is 23.5 Å². The molecule has 0 heterocycles. The molecule has 1 aromatic carbocycles. The smallest absolute Gasteiger partial charge is 0.307 e. The lowest BCUT2D eigenvalue weighted by Gasteiger charge is -2.24. The third kappa shape index (κ3) is 3.36. The fourth-order valence-corrected chi connectivity index (χ4v) is 2.17. The average Bonchev–Trinajstić information content (AvgIpc) is 3.15. The molecule has 0 aliphatic heterocycles. The zero-order valence-electron chi connectivity index (χ0n) is 11.3. The van der Waals surface area contributed by atoms with Gasteiger partial charge in [-0.1, -0.05) is 6.07 Å². The molecule has 1 amide bonds. The van der Waals surface area contributed by atoms with E-state index in [0.29, 0.717) is 6.07 Å². The van der Waals surface area contributed by atoms with Crippen LogP contribution in [0.5, 0.6) is 0 Å². The SMILES string of the molecule is CC(O)(CNC(=O)C1CC1C(=O)O)c1ccc(F)cc1F. The largest absolute Gasteiger partial charge is 0.481 e. The van der Waals surface area contributed by atoms with E-state index in [1.165, 1.54) is 6.92 Å². The minimum absolute atomic E-state index is 0.144. The highest BCUT2D eigenvalue weighted by Gasteiger charge is 2.48. The highest BCUT2D eigenvalue weighted by Crippen LogP contribution is 2.38. The first-order valence-electron chi connectivity index (χ1n) is 6.41. The van der Waals surface area contributed by atoms with Crippen molar-refractivity contribution in [1.82, 2.24) is 5.32 Å². The van der Waals surface area contributed by atoms with Crippen LogP contribution >= 0.6 is 0 Å². The van der Waals surface area contributed by atoms with Crippen LogP contribution in [0.25, 0.3) is 0 Å². The van der Waals surface area contributed by atoms with Crippen LogP contribution in [0.2, 0.25) is 0 Å². The summed E-state index contributed by atoms with van der Waals surface area (Å²) in [6.07, 6.45) is 0.258. The minimum atomic E-state index is -1.72. The molecule has 0 spiro atoms. The molecule has 7 heteroatoms. The number of carbonyl (C=O) groups excluding carboxylic acids is 1. The molecular formula is C14H15F2NO4. The molecule has 3 atom stereocenters. The summed E-state index contributed by atoms with van der Waals surface area (Å²) in [5, 5.41) is 21.3. The molecular weight excluding hydrogens is 284 g/mol. The van der Waals surface area contributed by atoms with Crippen molar-refractivity contribution in [3.63, 3.8) is 0 Å². The summed E-state index contributed by atoms with van der Waals surface area (Å²) in [5.41, 5.74) is -1.86. The Balaban J connectivity index is 1.98. The molecule has 1 aliphatic rings. The Bertz CT molecular complexity index is 588. The maximum Gasteiger partial charge on any atom is 0.307 e. The van der Waals surface area contributed by atoms with E-state index in [1.807, 2.05) is 0 Å². The van der Waals surface area contributed by atoms with Crippen LogP contribution in [-0.2, 0) is 15.2 Å². The number of halogens is 2. The number of benzene rings is 1. The van der Waals surface area contributed by atoms with Gasteiger partial charge in [-0.3, -0.25) is 9.59 Å². The van der Waals surface area contributed by atoms with Gasteiger partial charge in [-0.25, -0.2) is 8.78 Å². The van der Waals surface area contributed by atoms with Gasteiger partial charge in [0.25, 0.3) is 0 Å². The van der Waals surface area contributed by atoms with Gasteiger partial charge >= 0.3 is 5.97 Å². The summed E-state index contributed by atoms with van der Waals surface area (Å²) >= 11 is 0. The second-order valence-electron chi connectivity index (χ2n) is 5.40. The molecule has 1 aromatic rings. The van der Waals surface area contributed by atoms with E-state index in [1.54, 1.807) is 0 Å². The van der Waals surface area contributed by atoms with Gasteiger partial charge in [0, 0.05) is 11.6 Å². The van der Waals surface area contributed by atoms with Crippen LogP contribution in [0.4, 0.5) is 8.78 Å². The summed E-state index contributed by atoms with van der Waals surface area (Å²) in [7, 11) is 0. The van der Waals surface area contributed by atoms with Gasteiger partial charge in [-0.2, -0.15) is 0 Å². The number of rotatable bonds is 5. The average molecular weight is 299 g/mol. The number of carboxylic acids is 1. The van der Waals surface area contributed by atoms with Gasteiger partial charge in [0.2, 0.25) is 5.91 Å². The maximum atomic E-state index is 13.6. The number of aliphatic hydroxyl groups is 1. The first kappa shape index (κ1) is 15.4. The highest BCUT2D eigenvalue weighted by atomic mass is 19.1. The van der Waals surface area contributed by atoms with Crippen LogP contribution in [0.1, 0.15) is 18.9 Å². The summed E-state index contributed by atoms with van der Waals surface area (Å²) < 4.78 is 26.5. The Morgan fingerprint density at radius 3 is 2.57 bits per heavy atom. The molecule has 3 unspecified atom stereocenters. The number of carbonyl (C=O) groups is 2. The molecule has 21 heavy (non-hydrogen) atoms. The highest BCUT2D eigenvalue weighted by molar-refractivity contribution is 5.89. The predicted molar refractivity (Wildman–Crippen MR) is 68.2 cm³/mol. The van der Waals surface area contributed by atoms with E-state index in [0.717, 1.165) is 12.1 Å². The van der Waals surface area contributed by atoms with Crippen molar-refractivity contribution in [1.29, 1.82) is 0 Å². The predicted octanol–water partition coefficient (Wildman–Crippen LogP) is 1.01. The van der Waals surface area contributed by atoms with E-state index in [2.05, 4.69) is 5.32 Å². The topological polar surface area (TPSA) is 86.6 Å². The fraction of sp³-hybridized carbons (Fsp3) is 0.429. The fourth-order valence-electron chi connectivity index (χ4n) is 2.17. The van der Waals surface area contributed by atoms with E-state index < -0.39 is 40.9 Å². The quantitative estimate of drug-likeness (QED) is 0.757. The molecule has 1 aliphatic carbocycles. The van der Waals surface area contributed by atoms with Gasteiger partial charge < -0.3 is 15.5 Å². The lowest BCUT2D eigenvalue weighted by atomic mass is 9.95. The van der Waals surface area contributed by atoms with Crippen LogP contribution in [-0.4, -0.2) is 28.6 Å². The molecule has 0 bridgehead atoms. The lowest BCUT2D eigenvalue weighted by molar-refractivity contribution is -0.140. The normalized spacial score (nSPS) is 23.2. The number of amides is 1. The Morgan fingerprint density at radius 1 is 1.38 bits per heavy atom. The Kier molecular flexibility index (Phi) is 3.95. The number of hydrogen-bond acceptors (Lipinski definition) is 3. The molecule has 1 saturated carbocycles. The summed E-state index contributed by atoms with van der Waals surface area (Å²) in [6.45, 7) is 0.988. The number of nitrogens with one attached hydrogen (secondary N) is 1. The van der Waals surface area contributed by atoms with E-state index >= 15 is 0 Å². The Morgan fingerprint density at radius 2 is 2.05 bits per heavy atom. The molecule has 1 fully saturated rings. The van der Waals surface area contributed by atoms with Crippen molar-refractivity contribution < 1.29 is 28.6 Å². The lowest BCUT2D eigenvalue weighted by Crippen LogP contribution is -2.40. The van der Waals surface area contributed by atoms with Gasteiger partial charge in [0.1, 0.15) is 17.2 Å². The van der Waals surface area contributed by atoms with Crippen molar-refractivity contribution in [3.05, 3.63) is 35.4 Å². The second kappa shape index (κ2) is 5.40. The summed E-state index contributed by atoms with van der Waals surface area (Å²) in [5.74, 6) is -4.52. The first-order chi connectivity index (χ1) is 9.72. The summed E-state index contributed by atoms with van der Waals surface area (Å²) in [4.78, 5) is 22.4. The first-order valence-corrected chi connectivity index (χ1v) is 6.41. The molecule has 3 N–H and O–H groups in total. The minimum Gasteiger partial charge on any atom is -0.481 e. The van der Waals surface area contributed by atoms with Crippen LogP contribution < -0.4 is 5.32 Å². The van der Waals surface area contributed by atoms with Crippen molar-refractivity contribution in [3.8, 4) is 0 Å². The second-order valence-corrected chi connectivity index (χ2v) is 5.40. The number of hydrogen-bond donors (Lipinski definition) is 3. The third-order valence-electron chi connectivity index (χ3n) is 3.56. The maximum absolute atomic E-state index is 13.6. The molecule has 0 saturated heterocycles. The van der Waals surface area contributed by atoms with Gasteiger partial charge in [0.05, 0.1) is 18.4 Å². The number of carboxylic acid groups (broad SMARTS) is 1. The summed E-state index contributed by atoms with van der Waals surface area (Å²) in [6, 6.07) is 2.76. The zero-order valence-corrected chi connectivity index (χ0v) is 11.3. The molecule has 0 radical (unpaired) electrons. The van der Waals surface area contributed by atoms with Crippen molar-refractivity contribution >= 4 is 11.9 Å². The van der Waals surface area contributed by atoms with E-state index in [9.17, 15) is 23.5 Å². The van der Waals surface area contributed by atoms with Crippen molar-refractivity contribution in [2.75, 3.05) is 6.54 Å². The van der Waals surface area contributed by atoms with Crippen molar-refractivity contribution in [2.45, 2.75) is 18.9 Å². The Labute approximate surface area is 119 Å². The molecule has 0 aromatic heterocycles.